The van der Waals surface area contributed by atoms with E-state index in [9.17, 15) is 4.39 Å². The SMILES string of the molecule is CNCC(O)CF. The topological polar surface area (TPSA) is 32.3 Å². The molecule has 0 spiro atoms. The highest BCUT2D eigenvalue weighted by Crippen LogP contribution is 1.77. The van der Waals surface area contributed by atoms with E-state index < -0.39 is 12.8 Å². The van der Waals surface area contributed by atoms with Gasteiger partial charge in [0.15, 0.2) is 0 Å². The zero-order chi connectivity index (χ0) is 5.70. The fourth-order valence-corrected chi connectivity index (χ4v) is 0.290. The molecule has 0 aliphatic carbocycles. The lowest BCUT2D eigenvalue weighted by Crippen LogP contribution is -2.24. The first kappa shape index (κ1) is 6.85. The maximum absolute atomic E-state index is 11.3. The zero-order valence-corrected chi connectivity index (χ0v) is 4.32. The Morgan fingerprint density at radius 3 is 2.57 bits per heavy atom. The zero-order valence-electron chi connectivity index (χ0n) is 4.32. The van der Waals surface area contributed by atoms with Crippen LogP contribution >= 0.6 is 0 Å². The maximum Gasteiger partial charge on any atom is 0.117 e. The van der Waals surface area contributed by atoms with E-state index in [1.807, 2.05) is 0 Å². The quantitative estimate of drug-likeness (QED) is 0.511. The Kier molecular flexibility index (Phi) is 3.93. The molecule has 0 saturated carbocycles. The lowest BCUT2D eigenvalue weighted by molar-refractivity contribution is 0.140. The van der Waals surface area contributed by atoms with E-state index in [0.29, 0.717) is 6.54 Å². The summed E-state index contributed by atoms with van der Waals surface area (Å²) in [4.78, 5) is 0. The van der Waals surface area contributed by atoms with Crippen LogP contribution in [0.15, 0.2) is 0 Å². The fraction of sp³-hybridized carbons (Fsp3) is 1.00. The molecule has 0 fully saturated rings. The van der Waals surface area contributed by atoms with Crippen LogP contribution in [0.4, 0.5) is 4.39 Å². The predicted molar refractivity (Wildman–Crippen MR) is 25.9 cm³/mol. The van der Waals surface area contributed by atoms with E-state index in [0.717, 1.165) is 0 Å². The Labute approximate surface area is 42.3 Å². The van der Waals surface area contributed by atoms with Gasteiger partial charge in [0.25, 0.3) is 0 Å². The molecule has 2 nitrogen and oxygen atoms in total. The molecule has 0 heterocycles. The summed E-state index contributed by atoms with van der Waals surface area (Å²) >= 11 is 0. The molecule has 0 aromatic rings. The molecule has 0 amide bonds. The normalized spacial score (nSPS) is 14.1. The Bertz CT molecular complexity index is 42.7. The molecular formula is C4H10FNO. The first-order chi connectivity index (χ1) is 3.31. The molecule has 1 atom stereocenters. The summed E-state index contributed by atoms with van der Waals surface area (Å²) in [5, 5.41) is 11.0. The molecule has 0 aromatic heterocycles. The van der Waals surface area contributed by atoms with Crippen LogP contribution in [-0.4, -0.2) is 31.5 Å². The van der Waals surface area contributed by atoms with Crippen LogP contribution in [0, 0.1) is 0 Å². The van der Waals surface area contributed by atoms with Crippen molar-refractivity contribution in [1.82, 2.24) is 5.32 Å². The Hall–Kier alpha value is -0.150. The van der Waals surface area contributed by atoms with Gasteiger partial charge in [-0.15, -0.1) is 0 Å². The third-order valence-electron chi connectivity index (χ3n) is 0.618. The van der Waals surface area contributed by atoms with Crippen molar-refractivity contribution in [3.63, 3.8) is 0 Å². The van der Waals surface area contributed by atoms with Gasteiger partial charge in [-0.1, -0.05) is 0 Å². The molecule has 0 rings (SSSR count). The van der Waals surface area contributed by atoms with Gasteiger partial charge in [-0.25, -0.2) is 4.39 Å². The maximum atomic E-state index is 11.3. The third-order valence-corrected chi connectivity index (χ3v) is 0.618. The van der Waals surface area contributed by atoms with E-state index in [1.165, 1.54) is 0 Å². The number of rotatable bonds is 3. The molecular weight excluding hydrogens is 97.0 g/mol. The van der Waals surface area contributed by atoms with Crippen molar-refractivity contribution in [3.8, 4) is 0 Å². The number of hydrogen-bond acceptors (Lipinski definition) is 2. The van der Waals surface area contributed by atoms with Crippen molar-refractivity contribution in [3.05, 3.63) is 0 Å². The summed E-state index contributed by atoms with van der Waals surface area (Å²) in [6.45, 7) is -0.336. The average molecular weight is 107 g/mol. The molecule has 0 radical (unpaired) electrons. The van der Waals surface area contributed by atoms with Crippen molar-refractivity contribution in [2.75, 3.05) is 20.3 Å². The Balaban J connectivity index is 2.83. The van der Waals surface area contributed by atoms with Gasteiger partial charge in [0.1, 0.15) is 6.67 Å². The van der Waals surface area contributed by atoms with Crippen molar-refractivity contribution in [2.45, 2.75) is 6.10 Å². The minimum Gasteiger partial charge on any atom is -0.389 e. The number of alkyl halides is 1. The Morgan fingerprint density at radius 1 is 1.86 bits per heavy atom. The highest BCUT2D eigenvalue weighted by Gasteiger charge is 1.97. The van der Waals surface area contributed by atoms with Crippen molar-refractivity contribution >= 4 is 0 Å². The number of hydrogen-bond donors (Lipinski definition) is 2. The van der Waals surface area contributed by atoms with Gasteiger partial charge in [-0.3, -0.25) is 0 Å². The molecule has 1 unspecified atom stereocenters. The van der Waals surface area contributed by atoms with Gasteiger partial charge in [0.2, 0.25) is 0 Å². The summed E-state index contributed by atoms with van der Waals surface area (Å²) in [6, 6.07) is 0. The Morgan fingerprint density at radius 2 is 2.43 bits per heavy atom. The second-order valence-corrected chi connectivity index (χ2v) is 1.37. The minimum absolute atomic E-state index is 0.330. The van der Waals surface area contributed by atoms with Crippen LogP contribution < -0.4 is 5.32 Å². The number of aliphatic hydroxyl groups excluding tert-OH is 1. The molecule has 0 aromatic carbocycles. The monoisotopic (exact) mass is 107 g/mol. The molecule has 0 aliphatic rings. The number of aliphatic hydroxyl groups is 1. The lowest BCUT2D eigenvalue weighted by Gasteiger charge is -2.01. The van der Waals surface area contributed by atoms with Gasteiger partial charge in [-0.05, 0) is 7.05 Å². The van der Waals surface area contributed by atoms with Gasteiger partial charge in [0.05, 0.1) is 6.10 Å². The molecule has 44 valence electrons. The van der Waals surface area contributed by atoms with Crippen LogP contribution in [0.3, 0.4) is 0 Å². The summed E-state index contributed by atoms with van der Waals surface area (Å²) in [7, 11) is 1.67. The first-order valence-corrected chi connectivity index (χ1v) is 2.20. The lowest BCUT2D eigenvalue weighted by atomic mass is 10.4. The van der Waals surface area contributed by atoms with E-state index in [4.69, 9.17) is 5.11 Å². The van der Waals surface area contributed by atoms with Crippen molar-refractivity contribution in [1.29, 1.82) is 0 Å². The van der Waals surface area contributed by atoms with Crippen LogP contribution in [0.5, 0.6) is 0 Å². The second-order valence-electron chi connectivity index (χ2n) is 1.37. The van der Waals surface area contributed by atoms with Crippen LogP contribution in [0.1, 0.15) is 0 Å². The minimum atomic E-state index is -0.829. The first-order valence-electron chi connectivity index (χ1n) is 2.20. The number of nitrogens with one attached hydrogen (secondary N) is 1. The predicted octanol–water partition coefficient (Wildman–Crippen LogP) is -0.464. The number of likely N-dealkylation sites (N-methyl/N-ethyl adjacent to an activating group) is 1. The molecule has 2 N–H and O–H groups in total. The van der Waals surface area contributed by atoms with Crippen LogP contribution in [0.25, 0.3) is 0 Å². The van der Waals surface area contributed by atoms with Gasteiger partial charge in [-0.2, -0.15) is 0 Å². The van der Waals surface area contributed by atoms with Crippen molar-refractivity contribution < 1.29 is 9.50 Å². The van der Waals surface area contributed by atoms with E-state index in [1.54, 1.807) is 7.05 Å². The van der Waals surface area contributed by atoms with Crippen LogP contribution in [0.2, 0.25) is 0 Å². The van der Waals surface area contributed by atoms with Gasteiger partial charge in [0, 0.05) is 6.54 Å². The number of halogens is 1. The average Bonchev–Trinajstić information content (AvgIpc) is 1.68. The van der Waals surface area contributed by atoms with E-state index in [2.05, 4.69) is 5.32 Å². The summed E-state index contributed by atoms with van der Waals surface area (Å²) in [6.07, 6.45) is -0.829. The van der Waals surface area contributed by atoms with E-state index in [-0.39, 0.29) is 0 Å². The van der Waals surface area contributed by atoms with Gasteiger partial charge < -0.3 is 10.4 Å². The van der Waals surface area contributed by atoms with Crippen LogP contribution in [-0.2, 0) is 0 Å². The molecule has 3 heteroatoms. The molecule has 0 bridgehead atoms. The summed E-state index contributed by atoms with van der Waals surface area (Å²) < 4.78 is 11.3. The largest absolute Gasteiger partial charge is 0.389 e. The van der Waals surface area contributed by atoms with Crippen molar-refractivity contribution in [2.24, 2.45) is 0 Å². The summed E-state index contributed by atoms with van der Waals surface area (Å²) in [5.41, 5.74) is 0. The standard InChI is InChI=1S/C4H10FNO/c1-6-3-4(7)2-5/h4,6-7H,2-3H2,1H3. The molecule has 0 saturated heterocycles. The smallest absolute Gasteiger partial charge is 0.117 e. The molecule has 0 aliphatic heterocycles. The summed E-state index contributed by atoms with van der Waals surface area (Å²) in [5.74, 6) is 0. The third kappa shape index (κ3) is 3.69. The highest BCUT2D eigenvalue weighted by molar-refractivity contribution is 4.52. The fourth-order valence-electron chi connectivity index (χ4n) is 0.290. The molecule has 7 heavy (non-hydrogen) atoms. The van der Waals surface area contributed by atoms with E-state index >= 15 is 0 Å². The highest BCUT2D eigenvalue weighted by atomic mass is 19.1. The second kappa shape index (κ2) is 4.02. The van der Waals surface area contributed by atoms with Gasteiger partial charge >= 0.3 is 0 Å².